The molecule has 1 aromatic carbocycles. The van der Waals surface area contributed by atoms with Gasteiger partial charge in [-0.05, 0) is 56.0 Å². The number of carbonyl (C=O) groups is 1. The zero-order chi connectivity index (χ0) is 16.5. The standard InChI is InChI=1S/C19H28N2O2.ClH/c1-3-14-21(15-17-4-7-18(23-2)8-5-17)19(22)9-6-16-10-12-20-13-11-16;/h3-5,7-8,16,20H,1,6,9-15H2,2H3;1H. The summed E-state index contributed by atoms with van der Waals surface area (Å²) in [5.41, 5.74) is 1.11. The van der Waals surface area contributed by atoms with Crippen LogP contribution in [0.1, 0.15) is 31.2 Å². The number of amides is 1. The summed E-state index contributed by atoms with van der Waals surface area (Å²) in [5, 5.41) is 3.37. The number of hydrogen-bond donors (Lipinski definition) is 1. The number of nitrogens with one attached hydrogen (secondary N) is 1. The maximum atomic E-state index is 12.5. The fourth-order valence-electron chi connectivity index (χ4n) is 3.02. The van der Waals surface area contributed by atoms with Crippen LogP contribution in [0.3, 0.4) is 0 Å². The number of halogens is 1. The van der Waals surface area contributed by atoms with Crippen LogP contribution in [0.2, 0.25) is 0 Å². The molecular weight excluding hydrogens is 324 g/mol. The molecule has 0 aromatic heterocycles. The van der Waals surface area contributed by atoms with Crippen molar-refractivity contribution in [3.05, 3.63) is 42.5 Å². The average molecular weight is 353 g/mol. The minimum Gasteiger partial charge on any atom is -0.497 e. The third kappa shape index (κ3) is 6.54. The third-order valence-corrected chi connectivity index (χ3v) is 4.46. The second-order valence-corrected chi connectivity index (χ2v) is 6.14. The Bertz CT molecular complexity index is 499. The topological polar surface area (TPSA) is 41.6 Å². The van der Waals surface area contributed by atoms with Crippen molar-refractivity contribution in [2.45, 2.75) is 32.2 Å². The first-order valence-electron chi connectivity index (χ1n) is 8.45. The minimum atomic E-state index is 0. The van der Waals surface area contributed by atoms with Gasteiger partial charge in [0.2, 0.25) is 5.91 Å². The molecule has 0 atom stereocenters. The lowest BCUT2D eigenvalue weighted by atomic mass is 9.93. The number of carbonyl (C=O) groups excluding carboxylic acids is 1. The predicted molar refractivity (Wildman–Crippen MR) is 101 cm³/mol. The molecule has 1 aliphatic heterocycles. The monoisotopic (exact) mass is 352 g/mol. The molecule has 0 unspecified atom stereocenters. The minimum absolute atomic E-state index is 0. The lowest BCUT2D eigenvalue weighted by Gasteiger charge is -2.25. The van der Waals surface area contributed by atoms with Gasteiger partial charge in [-0.1, -0.05) is 18.2 Å². The van der Waals surface area contributed by atoms with Crippen molar-refractivity contribution >= 4 is 18.3 Å². The summed E-state index contributed by atoms with van der Waals surface area (Å²) in [6.45, 7) is 7.17. The molecule has 1 fully saturated rings. The molecule has 1 heterocycles. The molecule has 0 aliphatic carbocycles. The van der Waals surface area contributed by atoms with Crippen LogP contribution in [-0.2, 0) is 11.3 Å². The van der Waals surface area contributed by atoms with E-state index in [1.165, 1.54) is 12.8 Å². The van der Waals surface area contributed by atoms with E-state index < -0.39 is 0 Å². The van der Waals surface area contributed by atoms with Crippen LogP contribution >= 0.6 is 12.4 Å². The van der Waals surface area contributed by atoms with Gasteiger partial charge in [-0.2, -0.15) is 0 Å². The number of piperidine rings is 1. The second kappa shape index (κ2) is 11.1. The molecule has 24 heavy (non-hydrogen) atoms. The van der Waals surface area contributed by atoms with Gasteiger partial charge in [0.15, 0.2) is 0 Å². The Hall–Kier alpha value is -1.52. The summed E-state index contributed by atoms with van der Waals surface area (Å²) in [6.07, 6.45) is 5.80. The molecule has 1 saturated heterocycles. The molecule has 1 N–H and O–H groups in total. The van der Waals surface area contributed by atoms with Crippen LogP contribution in [0.25, 0.3) is 0 Å². The van der Waals surface area contributed by atoms with E-state index in [-0.39, 0.29) is 18.3 Å². The molecule has 0 radical (unpaired) electrons. The van der Waals surface area contributed by atoms with Gasteiger partial charge in [0, 0.05) is 19.5 Å². The molecule has 1 aromatic rings. The predicted octanol–water partition coefficient (Wildman–Crippen LogP) is 3.41. The maximum absolute atomic E-state index is 12.5. The van der Waals surface area contributed by atoms with E-state index in [9.17, 15) is 4.79 Å². The van der Waals surface area contributed by atoms with Gasteiger partial charge in [0.1, 0.15) is 5.75 Å². The molecule has 2 rings (SSSR count). The first kappa shape index (κ1) is 20.5. The van der Waals surface area contributed by atoms with Gasteiger partial charge in [-0.25, -0.2) is 0 Å². The molecule has 5 heteroatoms. The highest BCUT2D eigenvalue weighted by Gasteiger charge is 2.17. The maximum Gasteiger partial charge on any atom is 0.223 e. The summed E-state index contributed by atoms with van der Waals surface area (Å²) < 4.78 is 5.17. The molecule has 0 saturated carbocycles. The number of nitrogens with zero attached hydrogens (tertiary/aromatic N) is 1. The number of rotatable bonds is 8. The van der Waals surface area contributed by atoms with Gasteiger partial charge in [-0.15, -0.1) is 19.0 Å². The van der Waals surface area contributed by atoms with Crippen molar-refractivity contribution in [1.82, 2.24) is 10.2 Å². The van der Waals surface area contributed by atoms with Gasteiger partial charge < -0.3 is 15.0 Å². The number of ether oxygens (including phenoxy) is 1. The fraction of sp³-hybridized carbons (Fsp3) is 0.526. The smallest absolute Gasteiger partial charge is 0.223 e. The summed E-state index contributed by atoms with van der Waals surface area (Å²) in [7, 11) is 1.66. The van der Waals surface area contributed by atoms with E-state index in [1.54, 1.807) is 13.2 Å². The van der Waals surface area contributed by atoms with Crippen LogP contribution in [0.4, 0.5) is 0 Å². The molecule has 0 spiro atoms. The zero-order valence-electron chi connectivity index (χ0n) is 14.5. The van der Waals surface area contributed by atoms with Crippen molar-refractivity contribution in [3.63, 3.8) is 0 Å². The van der Waals surface area contributed by atoms with Gasteiger partial charge in [0.25, 0.3) is 0 Å². The zero-order valence-corrected chi connectivity index (χ0v) is 15.3. The molecular formula is C19H29ClN2O2. The van der Waals surface area contributed by atoms with E-state index >= 15 is 0 Å². The second-order valence-electron chi connectivity index (χ2n) is 6.14. The van der Waals surface area contributed by atoms with Crippen LogP contribution in [-0.4, -0.2) is 37.6 Å². The average Bonchev–Trinajstić information content (AvgIpc) is 2.61. The Kier molecular flexibility index (Phi) is 9.50. The molecule has 1 amide bonds. The summed E-state index contributed by atoms with van der Waals surface area (Å²) in [5.74, 6) is 1.74. The summed E-state index contributed by atoms with van der Waals surface area (Å²) >= 11 is 0. The van der Waals surface area contributed by atoms with Crippen LogP contribution in [0, 0.1) is 5.92 Å². The first-order chi connectivity index (χ1) is 11.2. The van der Waals surface area contributed by atoms with E-state index in [0.29, 0.717) is 25.4 Å². The highest BCUT2D eigenvalue weighted by molar-refractivity contribution is 5.85. The Balaban J connectivity index is 0.00000288. The van der Waals surface area contributed by atoms with Crippen LogP contribution < -0.4 is 10.1 Å². The normalized spacial score (nSPS) is 14.5. The Morgan fingerprint density at radius 2 is 2.00 bits per heavy atom. The van der Waals surface area contributed by atoms with E-state index in [0.717, 1.165) is 30.8 Å². The van der Waals surface area contributed by atoms with Crippen molar-refractivity contribution in [1.29, 1.82) is 0 Å². The number of methoxy groups -OCH3 is 1. The van der Waals surface area contributed by atoms with Crippen LogP contribution in [0.5, 0.6) is 5.75 Å². The lowest BCUT2D eigenvalue weighted by Crippen LogP contribution is -2.32. The lowest BCUT2D eigenvalue weighted by molar-refractivity contribution is -0.131. The van der Waals surface area contributed by atoms with E-state index in [1.807, 2.05) is 29.2 Å². The number of hydrogen-bond acceptors (Lipinski definition) is 3. The Morgan fingerprint density at radius 3 is 2.58 bits per heavy atom. The highest BCUT2D eigenvalue weighted by Crippen LogP contribution is 2.19. The van der Waals surface area contributed by atoms with Crippen molar-refractivity contribution in [2.75, 3.05) is 26.7 Å². The summed E-state index contributed by atoms with van der Waals surface area (Å²) in [4.78, 5) is 14.4. The van der Waals surface area contributed by atoms with E-state index in [2.05, 4.69) is 11.9 Å². The third-order valence-electron chi connectivity index (χ3n) is 4.46. The molecule has 134 valence electrons. The van der Waals surface area contributed by atoms with Crippen molar-refractivity contribution < 1.29 is 9.53 Å². The van der Waals surface area contributed by atoms with Crippen molar-refractivity contribution in [3.8, 4) is 5.75 Å². The molecule has 4 nitrogen and oxygen atoms in total. The quantitative estimate of drug-likeness (QED) is 0.729. The Morgan fingerprint density at radius 1 is 1.33 bits per heavy atom. The largest absolute Gasteiger partial charge is 0.497 e. The fourth-order valence-corrected chi connectivity index (χ4v) is 3.02. The van der Waals surface area contributed by atoms with Gasteiger partial charge >= 0.3 is 0 Å². The highest BCUT2D eigenvalue weighted by atomic mass is 35.5. The SMILES string of the molecule is C=CCN(Cc1ccc(OC)cc1)C(=O)CCC1CCNCC1.Cl. The Labute approximate surface area is 151 Å². The van der Waals surface area contributed by atoms with Crippen LogP contribution in [0.15, 0.2) is 36.9 Å². The molecule has 0 bridgehead atoms. The first-order valence-corrected chi connectivity index (χ1v) is 8.45. The number of benzene rings is 1. The molecule has 1 aliphatic rings. The van der Waals surface area contributed by atoms with Gasteiger partial charge in [0.05, 0.1) is 7.11 Å². The van der Waals surface area contributed by atoms with Crippen molar-refractivity contribution in [2.24, 2.45) is 5.92 Å². The van der Waals surface area contributed by atoms with E-state index in [4.69, 9.17) is 4.74 Å². The summed E-state index contributed by atoms with van der Waals surface area (Å²) in [6, 6.07) is 7.88. The van der Waals surface area contributed by atoms with Gasteiger partial charge in [-0.3, -0.25) is 4.79 Å².